The van der Waals surface area contributed by atoms with E-state index in [2.05, 4.69) is 15.9 Å². The van der Waals surface area contributed by atoms with Crippen LogP contribution in [0.25, 0.3) is 0 Å². The Hall–Kier alpha value is -0.970. The maximum absolute atomic E-state index is 13.8. The quantitative estimate of drug-likeness (QED) is 0.860. The minimum atomic E-state index is -1.45. The zero-order chi connectivity index (χ0) is 13.3. The summed E-state index contributed by atoms with van der Waals surface area (Å²) in [7, 11) is 0. The molecule has 1 unspecified atom stereocenters. The van der Waals surface area contributed by atoms with Gasteiger partial charge >= 0.3 is 0 Å². The number of hydrogen-bond donors (Lipinski definition) is 1. The molecule has 1 atom stereocenters. The third-order valence-corrected chi connectivity index (χ3v) is 3.49. The summed E-state index contributed by atoms with van der Waals surface area (Å²) in [5.41, 5.74) is -0.160. The first-order valence-corrected chi connectivity index (χ1v) is 6.25. The standard InChI is InChI=1S/C13H8BrClF2O/c14-8-4-1-3-7(12(8)17)13(18)11-9(15)5-2-6-10(11)16/h1-6,13,18H. The Morgan fingerprint density at radius 1 is 1.11 bits per heavy atom. The van der Waals surface area contributed by atoms with Crippen molar-refractivity contribution >= 4 is 27.5 Å². The second-order valence-electron chi connectivity index (χ2n) is 3.68. The zero-order valence-electron chi connectivity index (χ0n) is 9.00. The Morgan fingerprint density at radius 2 is 1.78 bits per heavy atom. The first kappa shape index (κ1) is 13.5. The van der Waals surface area contributed by atoms with Gasteiger partial charge in [-0.3, -0.25) is 0 Å². The molecule has 0 spiro atoms. The van der Waals surface area contributed by atoms with Crippen LogP contribution in [0.1, 0.15) is 17.2 Å². The molecule has 2 rings (SSSR count). The minimum Gasteiger partial charge on any atom is -0.383 e. The third-order valence-electron chi connectivity index (χ3n) is 2.55. The largest absolute Gasteiger partial charge is 0.383 e. The third kappa shape index (κ3) is 2.41. The molecule has 1 N–H and O–H groups in total. The first-order valence-electron chi connectivity index (χ1n) is 5.08. The molecule has 94 valence electrons. The van der Waals surface area contributed by atoms with Crippen LogP contribution in [0.5, 0.6) is 0 Å². The molecular formula is C13H8BrClF2O. The van der Waals surface area contributed by atoms with Crippen LogP contribution in [0, 0.1) is 11.6 Å². The number of aliphatic hydroxyl groups excluding tert-OH is 1. The van der Waals surface area contributed by atoms with Gasteiger partial charge in [0.25, 0.3) is 0 Å². The van der Waals surface area contributed by atoms with Crippen LogP contribution in [0.4, 0.5) is 8.78 Å². The topological polar surface area (TPSA) is 20.2 Å². The number of halogens is 4. The van der Waals surface area contributed by atoms with Crippen molar-refractivity contribution in [2.45, 2.75) is 6.10 Å². The molecule has 0 aliphatic carbocycles. The van der Waals surface area contributed by atoms with Crippen molar-refractivity contribution in [3.63, 3.8) is 0 Å². The van der Waals surface area contributed by atoms with Crippen LogP contribution in [0.3, 0.4) is 0 Å². The molecule has 0 aliphatic rings. The maximum Gasteiger partial charge on any atom is 0.143 e. The highest BCUT2D eigenvalue weighted by Gasteiger charge is 2.22. The molecule has 0 fully saturated rings. The molecule has 0 saturated heterocycles. The van der Waals surface area contributed by atoms with Crippen LogP contribution in [0.15, 0.2) is 40.9 Å². The Labute approximate surface area is 116 Å². The SMILES string of the molecule is OC(c1cccc(Br)c1F)c1c(F)cccc1Cl. The van der Waals surface area contributed by atoms with Crippen LogP contribution in [-0.2, 0) is 0 Å². The first-order chi connectivity index (χ1) is 8.52. The van der Waals surface area contributed by atoms with E-state index in [-0.39, 0.29) is 20.6 Å². The molecule has 0 radical (unpaired) electrons. The van der Waals surface area contributed by atoms with E-state index >= 15 is 0 Å². The van der Waals surface area contributed by atoms with E-state index in [1.54, 1.807) is 6.07 Å². The van der Waals surface area contributed by atoms with Gasteiger partial charge in [0.1, 0.15) is 17.7 Å². The second kappa shape index (κ2) is 5.34. The average molecular weight is 334 g/mol. The van der Waals surface area contributed by atoms with Crippen molar-refractivity contribution in [3.05, 3.63) is 68.7 Å². The maximum atomic E-state index is 13.8. The lowest BCUT2D eigenvalue weighted by atomic mass is 10.0. The predicted octanol–water partition coefficient (Wildman–Crippen LogP) is 4.46. The fraction of sp³-hybridized carbons (Fsp3) is 0.0769. The van der Waals surface area contributed by atoms with Gasteiger partial charge in [-0.15, -0.1) is 0 Å². The fourth-order valence-corrected chi connectivity index (χ4v) is 2.31. The molecule has 1 nitrogen and oxygen atoms in total. The lowest BCUT2D eigenvalue weighted by Crippen LogP contribution is -2.06. The van der Waals surface area contributed by atoms with E-state index in [9.17, 15) is 13.9 Å². The van der Waals surface area contributed by atoms with Crippen molar-refractivity contribution < 1.29 is 13.9 Å². The minimum absolute atomic E-state index is 0.0311. The molecule has 18 heavy (non-hydrogen) atoms. The van der Waals surface area contributed by atoms with Gasteiger partial charge in [0.05, 0.1) is 4.47 Å². The molecule has 0 aliphatic heterocycles. The summed E-state index contributed by atoms with van der Waals surface area (Å²) in [6, 6.07) is 8.47. The summed E-state index contributed by atoms with van der Waals surface area (Å²) < 4.78 is 27.7. The van der Waals surface area contributed by atoms with Crippen molar-refractivity contribution in [1.29, 1.82) is 0 Å². The molecule has 0 heterocycles. The lowest BCUT2D eigenvalue weighted by Gasteiger charge is -2.15. The molecule has 0 amide bonds. The van der Waals surface area contributed by atoms with E-state index in [4.69, 9.17) is 11.6 Å². The van der Waals surface area contributed by atoms with Crippen molar-refractivity contribution in [2.75, 3.05) is 0 Å². The second-order valence-corrected chi connectivity index (χ2v) is 4.94. The number of benzene rings is 2. The van der Waals surface area contributed by atoms with Gasteiger partial charge in [-0.25, -0.2) is 8.78 Å². The molecular weight excluding hydrogens is 325 g/mol. The van der Waals surface area contributed by atoms with Crippen LogP contribution in [-0.4, -0.2) is 5.11 Å². The van der Waals surface area contributed by atoms with E-state index < -0.39 is 17.7 Å². The number of aliphatic hydroxyl groups is 1. The van der Waals surface area contributed by atoms with E-state index in [1.807, 2.05) is 0 Å². The summed E-state index contributed by atoms with van der Waals surface area (Å²) in [6.07, 6.45) is -1.45. The molecule has 0 bridgehead atoms. The summed E-state index contributed by atoms with van der Waals surface area (Å²) in [5.74, 6) is -1.31. The molecule has 2 aromatic carbocycles. The van der Waals surface area contributed by atoms with Crippen molar-refractivity contribution in [1.82, 2.24) is 0 Å². The zero-order valence-corrected chi connectivity index (χ0v) is 11.3. The Bertz CT molecular complexity index is 569. The Balaban J connectivity index is 2.55. The van der Waals surface area contributed by atoms with Gasteiger partial charge in [-0.1, -0.05) is 29.8 Å². The Morgan fingerprint density at radius 3 is 2.44 bits per heavy atom. The molecule has 5 heteroatoms. The van der Waals surface area contributed by atoms with Crippen molar-refractivity contribution in [3.8, 4) is 0 Å². The average Bonchev–Trinajstić information content (AvgIpc) is 2.32. The predicted molar refractivity (Wildman–Crippen MR) is 69.6 cm³/mol. The molecule has 0 aromatic heterocycles. The number of hydrogen-bond acceptors (Lipinski definition) is 1. The van der Waals surface area contributed by atoms with Crippen LogP contribution in [0.2, 0.25) is 5.02 Å². The van der Waals surface area contributed by atoms with Crippen LogP contribution >= 0.6 is 27.5 Å². The number of rotatable bonds is 2. The van der Waals surface area contributed by atoms with Crippen LogP contribution < -0.4 is 0 Å². The Kier molecular flexibility index (Phi) is 4.00. The smallest absolute Gasteiger partial charge is 0.143 e. The highest BCUT2D eigenvalue weighted by Crippen LogP contribution is 2.33. The van der Waals surface area contributed by atoms with E-state index in [0.29, 0.717) is 0 Å². The van der Waals surface area contributed by atoms with E-state index in [1.165, 1.54) is 30.3 Å². The van der Waals surface area contributed by atoms with Gasteiger partial charge in [0.15, 0.2) is 0 Å². The fourth-order valence-electron chi connectivity index (χ4n) is 1.66. The van der Waals surface area contributed by atoms with Gasteiger partial charge in [-0.2, -0.15) is 0 Å². The summed E-state index contributed by atoms with van der Waals surface area (Å²) in [6.45, 7) is 0. The summed E-state index contributed by atoms with van der Waals surface area (Å²) in [4.78, 5) is 0. The highest BCUT2D eigenvalue weighted by molar-refractivity contribution is 9.10. The van der Waals surface area contributed by atoms with Gasteiger partial charge in [0, 0.05) is 16.1 Å². The molecule has 2 aromatic rings. The lowest BCUT2D eigenvalue weighted by molar-refractivity contribution is 0.209. The summed E-state index contributed by atoms with van der Waals surface area (Å²) in [5, 5.41) is 10.1. The van der Waals surface area contributed by atoms with Gasteiger partial charge < -0.3 is 5.11 Å². The highest BCUT2D eigenvalue weighted by atomic mass is 79.9. The van der Waals surface area contributed by atoms with E-state index in [0.717, 1.165) is 0 Å². The normalized spacial score (nSPS) is 12.5. The van der Waals surface area contributed by atoms with Crippen molar-refractivity contribution in [2.24, 2.45) is 0 Å². The monoisotopic (exact) mass is 332 g/mol. The summed E-state index contributed by atoms with van der Waals surface area (Å²) >= 11 is 8.84. The van der Waals surface area contributed by atoms with Gasteiger partial charge in [0.2, 0.25) is 0 Å². The molecule has 0 saturated carbocycles. The van der Waals surface area contributed by atoms with Gasteiger partial charge in [-0.05, 0) is 34.1 Å².